The zero-order valence-electron chi connectivity index (χ0n) is 23.9. The molecule has 202 valence electrons. The molecule has 0 radical (unpaired) electrons. The van der Waals surface area contributed by atoms with Crippen LogP contribution >= 0.6 is 0 Å². The van der Waals surface area contributed by atoms with Crippen molar-refractivity contribution in [3.63, 3.8) is 0 Å². The van der Waals surface area contributed by atoms with Crippen LogP contribution < -0.4 is 0 Å². The van der Waals surface area contributed by atoms with Gasteiger partial charge in [-0.25, -0.2) is 9.97 Å². The summed E-state index contributed by atoms with van der Waals surface area (Å²) in [5.41, 5.74) is 8.43. The lowest BCUT2D eigenvalue weighted by Gasteiger charge is -2.22. The Morgan fingerprint density at radius 3 is 1.69 bits per heavy atom. The van der Waals surface area contributed by atoms with E-state index in [9.17, 15) is 0 Å². The molecule has 4 aromatic carbocycles. The van der Waals surface area contributed by atoms with Crippen molar-refractivity contribution < 1.29 is 0 Å². The Labute approximate surface area is 244 Å². The number of aromatic nitrogens is 4. The van der Waals surface area contributed by atoms with Crippen LogP contribution in [0.15, 0.2) is 127 Å². The highest BCUT2D eigenvalue weighted by Crippen LogP contribution is 2.45. The zero-order valence-corrected chi connectivity index (χ0v) is 23.9. The maximum Gasteiger partial charge on any atom is 0.149 e. The van der Waals surface area contributed by atoms with Crippen molar-refractivity contribution in [2.75, 3.05) is 0 Å². The van der Waals surface area contributed by atoms with Gasteiger partial charge in [0.25, 0.3) is 0 Å². The summed E-state index contributed by atoms with van der Waals surface area (Å²) in [6, 6.07) is 44.5. The van der Waals surface area contributed by atoms with Gasteiger partial charge in [-0.2, -0.15) is 0 Å². The van der Waals surface area contributed by atoms with Crippen molar-refractivity contribution >= 4 is 43.9 Å². The van der Waals surface area contributed by atoms with Gasteiger partial charge in [-0.3, -0.25) is 9.13 Å². The fourth-order valence-electron chi connectivity index (χ4n) is 6.52. The first kappa shape index (κ1) is 24.6. The molecule has 4 nitrogen and oxygen atoms in total. The van der Waals surface area contributed by atoms with E-state index >= 15 is 0 Å². The third-order valence-corrected chi connectivity index (χ3v) is 8.21. The van der Waals surface area contributed by atoms with Crippen LogP contribution in [0.4, 0.5) is 0 Å². The average molecular weight is 543 g/mol. The first-order chi connectivity index (χ1) is 20.5. The molecular weight excluding hydrogens is 512 g/mol. The molecule has 0 N–H and O–H groups in total. The largest absolute Gasteiger partial charge is 0.294 e. The molecule has 0 unspecified atom stereocenters. The van der Waals surface area contributed by atoms with E-state index in [0.717, 1.165) is 45.1 Å². The molecule has 0 aliphatic carbocycles. The number of hydrogen-bond acceptors (Lipinski definition) is 2. The molecular formula is C38H30N4. The second-order valence-electron chi connectivity index (χ2n) is 11.9. The van der Waals surface area contributed by atoms with Crippen LogP contribution in [0.25, 0.3) is 66.6 Å². The Kier molecular flexibility index (Phi) is 5.35. The van der Waals surface area contributed by atoms with Gasteiger partial charge in [0.1, 0.15) is 17.1 Å². The average Bonchev–Trinajstić information content (AvgIpc) is 3.53. The molecule has 4 aromatic heterocycles. The third-order valence-electron chi connectivity index (χ3n) is 8.21. The zero-order chi connectivity index (χ0) is 28.4. The lowest BCUT2D eigenvalue weighted by molar-refractivity contribution is 0.601. The second kappa shape index (κ2) is 9.15. The van der Waals surface area contributed by atoms with E-state index in [4.69, 9.17) is 9.97 Å². The Bertz CT molecular complexity index is 2270. The predicted octanol–water partition coefficient (Wildman–Crippen LogP) is 9.64. The van der Waals surface area contributed by atoms with E-state index in [2.05, 4.69) is 151 Å². The maximum absolute atomic E-state index is 5.57. The van der Waals surface area contributed by atoms with Crippen LogP contribution in [-0.4, -0.2) is 19.1 Å². The molecule has 4 heteroatoms. The first-order valence-corrected chi connectivity index (χ1v) is 14.5. The quantitative estimate of drug-likeness (QED) is 0.223. The Balaban J connectivity index is 1.58. The lowest BCUT2D eigenvalue weighted by atomic mass is 9.82. The molecule has 0 fully saturated rings. The molecule has 0 spiro atoms. The summed E-state index contributed by atoms with van der Waals surface area (Å²) >= 11 is 0. The van der Waals surface area contributed by atoms with Gasteiger partial charge in [-0.15, -0.1) is 0 Å². The highest BCUT2D eigenvalue weighted by molar-refractivity contribution is 6.20. The number of para-hydroxylation sites is 3. The molecule has 0 amide bonds. The van der Waals surface area contributed by atoms with E-state index in [0.29, 0.717) is 0 Å². The van der Waals surface area contributed by atoms with E-state index < -0.39 is 0 Å². The SMILES string of the molecule is CC(C)(C)c1c2c3ccccc3n(-c3ccccc3)c2nc2c1c1ccccc1n2-c1cccc(-c2ccccc2)n1. The Hall–Kier alpha value is -5.22. The monoisotopic (exact) mass is 542 g/mol. The second-order valence-corrected chi connectivity index (χ2v) is 11.9. The minimum Gasteiger partial charge on any atom is -0.294 e. The number of rotatable bonds is 3. The summed E-state index contributed by atoms with van der Waals surface area (Å²) in [5.74, 6) is 0.858. The summed E-state index contributed by atoms with van der Waals surface area (Å²) in [4.78, 5) is 10.8. The highest BCUT2D eigenvalue weighted by Gasteiger charge is 2.29. The fraction of sp³-hybridized carbons (Fsp3) is 0.105. The van der Waals surface area contributed by atoms with Crippen LogP contribution in [0.1, 0.15) is 26.3 Å². The molecule has 0 saturated heterocycles. The Morgan fingerprint density at radius 1 is 0.500 bits per heavy atom. The summed E-state index contributed by atoms with van der Waals surface area (Å²) in [6.45, 7) is 6.95. The van der Waals surface area contributed by atoms with Crippen LogP contribution in [-0.2, 0) is 5.41 Å². The minimum atomic E-state index is -0.153. The first-order valence-electron chi connectivity index (χ1n) is 14.5. The molecule has 0 aliphatic rings. The van der Waals surface area contributed by atoms with Gasteiger partial charge in [0, 0.05) is 32.8 Å². The van der Waals surface area contributed by atoms with Crippen molar-refractivity contribution in [2.24, 2.45) is 0 Å². The molecule has 4 heterocycles. The van der Waals surface area contributed by atoms with Crippen molar-refractivity contribution in [2.45, 2.75) is 26.2 Å². The van der Waals surface area contributed by atoms with Gasteiger partial charge in [-0.1, -0.05) is 112 Å². The van der Waals surface area contributed by atoms with Gasteiger partial charge < -0.3 is 0 Å². The lowest BCUT2D eigenvalue weighted by Crippen LogP contribution is -2.13. The predicted molar refractivity (Wildman–Crippen MR) is 175 cm³/mol. The topological polar surface area (TPSA) is 35.6 Å². The number of fused-ring (bicyclic) bond motifs is 6. The van der Waals surface area contributed by atoms with Crippen molar-refractivity contribution in [3.8, 4) is 22.8 Å². The molecule has 0 aliphatic heterocycles. The fourth-order valence-corrected chi connectivity index (χ4v) is 6.52. The summed E-state index contributed by atoms with van der Waals surface area (Å²) in [7, 11) is 0. The summed E-state index contributed by atoms with van der Waals surface area (Å²) in [5, 5.41) is 4.81. The van der Waals surface area contributed by atoms with Gasteiger partial charge in [-0.05, 0) is 47.4 Å². The minimum absolute atomic E-state index is 0.153. The molecule has 0 saturated carbocycles. The third kappa shape index (κ3) is 3.61. The van der Waals surface area contributed by atoms with E-state index in [1.807, 2.05) is 6.07 Å². The van der Waals surface area contributed by atoms with Crippen molar-refractivity contribution in [1.82, 2.24) is 19.1 Å². The number of hydrogen-bond donors (Lipinski definition) is 0. The number of nitrogens with zero attached hydrogens (tertiary/aromatic N) is 4. The van der Waals surface area contributed by atoms with Crippen molar-refractivity contribution in [1.29, 1.82) is 0 Å². The van der Waals surface area contributed by atoms with E-state index in [-0.39, 0.29) is 5.41 Å². The summed E-state index contributed by atoms with van der Waals surface area (Å²) in [6.07, 6.45) is 0. The molecule has 8 aromatic rings. The van der Waals surface area contributed by atoms with Crippen LogP contribution in [0.3, 0.4) is 0 Å². The molecule has 8 rings (SSSR count). The van der Waals surface area contributed by atoms with Crippen LogP contribution in [0.5, 0.6) is 0 Å². The van der Waals surface area contributed by atoms with E-state index in [1.165, 1.54) is 27.1 Å². The van der Waals surface area contributed by atoms with Crippen molar-refractivity contribution in [3.05, 3.63) is 133 Å². The maximum atomic E-state index is 5.57. The highest BCUT2D eigenvalue weighted by atomic mass is 15.1. The summed E-state index contributed by atoms with van der Waals surface area (Å²) < 4.78 is 4.56. The Morgan fingerprint density at radius 2 is 1.05 bits per heavy atom. The number of benzene rings is 4. The smallest absolute Gasteiger partial charge is 0.149 e. The normalized spacial score (nSPS) is 12.2. The standard InChI is InChI=1S/C38H30N4/c1-38(2,3)35-33-27-19-10-12-22-30(27)41(26-17-8-5-9-18-26)36(33)40-37-34(35)28-20-11-13-23-31(28)42(37)32-24-14-21-29(39-32)25-15-6-4-7-16-25/h4-24H,1-3H3. The van der Waals surface area contributed by atoms with Gasteiger partial charge in [0.05, 0.1) is 16.7 Å². The molecule has 0 bridgehead atoms. The van der Waals surface area contributed by atoms with Crippen LogP contribution in [0.2, 0.25) is 0 Å². The molecule has 42 heavy (non-hydrogen) atoms. The molecule has 0 atom stereocenters. The number of pyridine rings is 2. The van der Waals surface area contributed by atoms with Crippen LogP contribution in [0, 0.1) is 0 Å². The van der Waals surface area contributed by atoms with Gasteiger partial charge in [0.15, 0.2) is 0 Å². The van der Waals surface area contributed by atoms with E-state index in [1.54, 1.807) is 0 Å². The van der Waals surface area contributed by atoms with Gasteiger partial charge >= 0.3 is 0 Å². The van der Waals surface area contributed by atoms with Gasteiger partial charge in [0.2, 0.25) is 0 Å².